The maximum Gasteiger partial charge on any atom is 0.387 e. The number of benzene rings is 1. The van der Waals surface area contributed by atoms with Crippen LogP contribution in [0.1, 0.15) is 59.0 Å². The van der Waals surface area contributed by atoms with Gasteiger partial charge in [0.1, 0.15) is 10.6 Å². The predicted molar refractivity (Wildman–Crippen MR) is 120 cm³/mol. The Morgan fingerprint density at radius 2 is 1.66 bits per heavy atom. The third-order valence-corrected chi connectivity index (χ3v) is 7.38. The van der Waals surface area contributed by atoms with E-state index in [1.807, 2.05) is 0 Å². The van der Waals surface area contributed by atoms with Gasteiger partial charge in [-0.2, -0.15) is 22.3 Å². The molecule has 1 saturated carbocycles. The van der Waals surface area contributed by atoms with Gasteiger partial charge < -0.3 is 19.8 Å². The number of hydrogen-bond acceptors (Lipinski definition) is 6. The smallest absolute Gasteiger partial charge is 0.387 e. The van der Waals surface area contributed by atoms with Crippen LogP contribution in [0.3, 0.4) is 0 Å². The maximum atomic E-state index is 13.0. The Kier molecular flexibility index (Phi) is 7.75. The van der Waals surface area contributed by atoms with Crippen LogP contribution in [0.5, 0.6) is 11.5 Å². The molecule has 1 aliphatic carbocycles. The molecule has 0 amide bonds. The molecule has 0 radical (unpaired) electrons. The van der Waals surface area contributed by atoms with Crippen LogP contribution in [0.2, 0.25) is 0 Å². The van der Waals surface area contributed by atoms with E-state index in [1.165, 1.54) is 35.9 Å². The van der Waals surface area contributed by atoms with Gasteiger partial charge in [-0.25, -0.2) is 4.98 Å². The second-order valence-electron chi connectivity index (χ2n) is 8.44. The van der Waals surface area contributed by atoms with Crippen molar-refractivity contribution in [2.45, 2.75) is 63.3 Å². The Balaban J connectivity index is 1.73. The van der Waals surface area contributed by atoms with Crippen LogP contribution in [0.15, 0.2) is 48.9 Å². The Bertz CT molecular complexity index is 1120. The minimum Gasteiger partial charge on any atom is -0.619 e. The van der Waals surface area contributed by atoms with Crippen LogP contribution in [-0.4, -0.2) is 23.3 Å². The summed E-state index contributed by atoms with van der Waals surface area (Å²) in [6.07, 6.45) is 8.81. The lowest BCUT2D eigenvalue weighted by molar-refractivity contribution is -0.605. The van der Waals surface area contributed by atoms with Crippen molar-refractivity contribution in [1.29, 1.82) is 0 Å². The first kappa shape index (κ1) is 25.2. The highest BCUT2D eigenvalue weighted by Gasteiger charge is 2.34. The van der Waals surface area contributed by atoms with Crippen molar-refractivity contribution in [3.05, 3.63) is 75.1 Å². The van der Waals surface area contributed by atoms with Crippen molar-refractivity contribution >= 4 is 11.3 Å². The first-order valence-corrected chi connectivity index (χ1v) is 11.9. The average Bonchev–Trinajstić information content (AvgIpc) is 3.31. The molecule has 0 aliphatic heterocycles. The van der Waals surface area contributed by atoms with Gasteiger partial charge in [-0.3, -0.25) is 0 Å². The van der Waals surface area contributed by atoms with Crippen molar-refractivity contribution < 1.29 is 36.9 Å². The van der Waals surface area contributed by atoms with Gasteiger partial charge in [0.15, 0.2) is 23.9 Å². The van der Waals surface area contributed by atoms with Crippen molar-refractivity contribution in [2.24, 2.45) is 0 Å². The van der Waals surface area contributed by atoms with E-state index < -0.39 is 36.2 Å². The first-order chi connectivity index (χ1) is 16.7. The number of thiazole rings is 1. The van der Waals surface area contributed by atoms with E-state index in [-0.39, 0.29) is 0 Å². The molecule has 188 valence electrons. The van der Waals surface area contributed by atoms with Crippen molar-refractivity contribution in [3.63, 3.8) is 0 Å². The molecule has 2 heterocycles. The predicted octanol–water partition coefficient (Wildman–Crippen LogP) is 5.51. The van der Waals surface area contributed by atoms with Crippen LogP contribution in [0, 0.1) is 5.21 Å². The topological polar surface area (TPSA) is 78.5 Å². The van der Waals surface area contributed by atoms with Crippen molar-refractivity contribution in [3.8, 4) is 11.5 Å². The zero-order chi connectivity index (χ0) is 25.0. The normalized spacial score (nSPS) is 16.4. The quantitative estimate of drug-likeness (QED) is 0.233. The fraction of sp³-hybridized carbons (Fsp3) is 0.417. The summed E-state index contributed by atoms with van der Waals surface area (Å²) in [6, 6.07) is 7.16. The lowest BCUT2D eigenvalue weighted by atomic mass is 9.84. The molecule has 35 heavy (non-hydrogen) atoms. The molecule has 1 unspecified atom stereocenters. The van der Waals surface area contributed by atoms with Crippen LogP contribution in [0.4, 0.5) is 17.6 Å². The number of aliphatic hydroxyl groups is 1. The summed E-state index contributed by atoms with van der Waals surface area (Å²) < 4.78 is 61.0. The van der Waals surface area contributed by atoms with Crippen LogP contribution in [0.25, 0.3) is 0 Å². The Labute approximate surface area is 203 Å². The fourth-order valence-corrected chi connectivity index (χ4v) is 5.52. The molecule has 1 fully saturated rings. The summed E-state index contributed by atoms with van der Waals surface area (Å²) >= 11 is 1.33. The summed E-state index contributed by atoms with van der Waals surface area (Å²) in [4.78, 5) is 5.27. The van der Waals surface area contributed by atoms with Gasteiger partial charge in [-0.1, -0.05) is 25.3 Å². The van der Waals surface area contributed by atoms with E-state index in [9.17, 15) is 27.9 Å². The minimum absolute atomic E-state index is 0.343. The molecule has 1 atom stereocenters. The largest absolute Gasteiger partial charge is 0.619 e. The fourth-order valence-electron chi connectivity index (χ4n) is 4.33. The third-order valence-electron chi connectivity index (χ3n) is 6.07. The summed E-state index contributed by atoms with van der Waals surface area (Å²) in [6.45, 7) is -6.45. The second kappa shape index (κ2) is 10.8. The van der Waals surface area contributed by atoms with E-state index in [0.717, 1.165) is 35.8 Å². The lowest BCUT2D eigenvalue weighted by Crippen LogP contribution is -2.27. The number of alkyl halides is 4. The number of nitrogens with zero attached hydrogens (tertiary/aromatic N) is 2. The highest BCUT2D eigenvalue weighted by atomic mass is 32.1. The summed E-state index contributed by atoms with van der Waals surface area (Å²) in [5.41, 5.74) is 0.301. The molecule has 11 heteroatoms. The monoisotopic (exact) mass is 512 g/mol. The SMILES string of the molecule is [O-][n+]1ccc(CC(c2ccc(OC(F)F)c(OC(F)F)c2)c2ncc(C3(O)CCCCC3)s2)cc1. The van der Waals surface area contributed by atoms with E-state index in [0.29, 0.717) is 34.6 Å². The van der Waals surface area contributed by atoms with Crippen molar-refractivity contribution in [2.75, 3.05) is 0 Å². The number of halogens is 4. The van der Waals surface area contributed by atoms with Gasteiger partial charge in [0.2, 0.25) is 0 Å². The van der Waals surface area contributed by atoms with Gasteiger partial charge >= 0.3 is 13.2 Å². The zero-order valence-electron chi connectivity index (χ0n) is 18.6. The molecular weight excluding hydrogens is 488 g/mol. The molecule has 1 N–H and O–H groups in total. The van der Waals surface area contributed by atoms with E-state index in [1.54, 1.807) is 18.3 Å². The van der Waals surface area contributed by atoms with Crippen LogP contribution >= 0.6 is 11.3 Å². The Morgan fingerprint density at radius 1 is 1.00 bits per heavy atom. The van der Waals surface area contributed by atoms with Gasteiger partial charge in [0.05, 0.1) is 4.88 Å². The van der Waals surface area contributed by atoms with Gasteiger partial charge in [-0.15, -0.1) is 11.3 Å². The number of ether oxygens (including phenoxy) is 2. The van der Waals surface area contributed by atoms with Crippen LogP contribution in [-0.2, 0) is 12.0 Å². The van der Waals surface area contributed by atoms with Gasteiger partial charge in [-0.05, 0) is 42.5 Å². The molecular formula is C24H24F4N2O4S. The Morgan fingerprint density at radius 3 is 2.31 bits per heavy atom. The van der Waals surface area contributed by atoms with E-state index >= 15 is 0 Å². The van der Waals surface area contributed by atoms with Crippen molar-refractivity contribution in [1.82, 2.24) is 4.98 Å². The summed E-state index contributed by atoms with van der Waals surface area (Å²) in [5.74, 6) is -1.51. The minimum atomic E-state index is -3.24. The molecule has 2 aromatic heterocycles. The maximum absolute atomic E-state index is 13.0. The van der Waals surface area contributed by atoms with Gasteiger partial charge in [0, 0.05) is 24.2 Å². The zero-order valence-corrected chi connectivity index (χ0v) is 19.4. The molecule has 0 spiro atoms. The Hall–Kier alpha value is -2.92. The van der Waals surface area contributed by atoms with E-state index in [2.05, 4.69) is 14.5 Å². The second-order valence-corrected chi connectivity index (χ2v) is 9.50. The standard InChI is InChI=1S/C24H24F4N2O4S/c25-22(26)33-18-5-4-16(13-19(18)34-23(27)28)17(12-15-6-10-30(32)11-7-15)21-29-14-20(35-21)24(31)8-2-1-3-9-24/h4-7,10-11,13-14,17,22-23,31H,1-3,8-9,12H2. The number of aromatic nitrogens is 2. The highest BCUT2D eigenvalue weighted by molar-refractivity contribution is 7.11. The molecule has 1 aromatic carbocycles. The highest BCUT2D eigenvalue weighted by Crippen LogP contribution is 2.43. The molecule has 4 rings (SSSR count). The lowest BCUT2D eigenvalue weighted by Gasteiger charge is -2.30. The average molecular weight is 513 g/mol. The molecule has 0 bridgehead atoms. The molecule has 1 aliphatic rings. The number of rotatable bonds is 9. The number of hydrogen-bond donors (Lipinski definition) is 1. The number of pyridine rings is 1. The van der Waals surface area contributed by atoms with Crippen LogP contribution < -0.4 is 14.2 Å². The molecule has 3 aromatic rings. The molecule has 6 nitrogen and oxygen atoms in total. The van der Waals surface area contributed by atoms with E-state index in [4.69, 9.17) is 0 Å². The summed E-state index contributed by atoms with van der Waals surface area (Å²) in [5, 5.41) is 23.2. The van der Waals surface area contributed by atoms with Gasteiger partial charge in [0.25, 0.3) is 0 Å². The molecule has 0 saturated heterocycles. The third kappa shape index (κ3) is 6.21. The first-order valence-electron chi connectivity index (χ1n) is 11.1. The summed E-state index contributed by atoms with van der Waals surface area (Å²) in [7, 11) is 0.